The summed E-state index contributed by atoms with van der Waals surface area (Å²) in [6.07, 6.45) is 0. The molecule has 2 amide bonds. The number of carbonyl (C=O) groups excluding carboxylic acids is 2. The number of fused-ring (bicyclic) bond motifs is 1. The Morgan fingerprint density at radius 3 is 2.28 bits per heavy atom. The zero-order valence-electron chi connectivity index (χ0n) is 17.6. The number of carbonyl (C=O) groups is 2. The van der Waals surface area contributed by atoms with Gasteiger partial charge in [-0.1, -0.05) is 42.5 Å². The van der Waals surface area contributed by atoms with Crippen molar-refractivity contribution >= 4 is 39.6 Å². The van der Waals surface area contributed by atoms with E-state index in [0.717, 1.165) is 22.0 Å². The predicted octanol–water partition coefficient (Wildman–Crippen LogP) is 5.00. The monoisotopic (exact) mass is 425 g/mol. The molecule has 0 bridgehead atoms. The Hall–Kier alpha value is -4.32. The Balaban J connectivity index is 1.51. The largest absolute Gasteiger partial charge is 0.483 e. The lowest BCUT2D eigenvalue weighted by Crippen LogP contribution is -2.20. The van der Waals surface area contributed by atoms with E-state index in [1.165, 1.54) is 0 Å². The van der Waals surface area contributed by atoms with Crippen LogP contribution in [0.2, 0.25) is 0 Å². The summed E-state index contributed by atoms with van der Waals surface area (Å²) >= 11 is 0. The van der Waals surface area contributed by atoms with E-state index in [0.29, 0.717) is 22.7 Å². The Morgan fingerprint density at radius 2 is 1.53 bits per heavy atom. The predicted molar refractivity (Wildman–Crippen MR) is 128 cm³/mol. The fraction of sp³-hybridized carbons (Fsp3) is 0.0769. The average molecular weight is 425 g/mol. The highest BCUT2D eigenvalue weighted by molar-refractivity contribution is 6.14. The second-order valence-corrected chi connectivity index (χ2v) is 7.44. The van der Waals surface area contributed by atoms with Crippen molar-refractivity contribution in [3.63, 3.8) is 0 Å². The van der Waals surface area contributed by atoms with E-state index in [9.17, 15) is 9.59 Å². The summed E-state index contributed by atoms with van der Waals surface area (Å²) in [6, 6.07) is 25.4. The normalized spacial score (nSPS) is 10.5. The topological polar surface area (TPSA) is 93.4 Å². The second-order valence-electron chi connectivity index (χ2n) is 7.44. The number of rotatable bonds is 6. The third-order valence-corrected chi connectivity index (χ3v) is 4.93. The first-order valence-corrected chi connectivity index (χ1v) is 10.2. The Morgan fingerprint density at radius 1 is 0.812 bits per heavy atom. The number of ether oxygens (including phenoxy) is 1. The highest BCUT2D eigenvalue weighted by Gasteiger charge is 2.14. The van der Waals surface area contributed by atoms with Gasteiger partial charge in [-0.3, -0.25) is 9.59 Å². The zero-order valence-corrected chi connectivity index (χ0v) is 17.6. The van der Waals surface area contributed by atoms with Crippen molar-refractivity contribution in [1.82, 2.24) is 0 Å². The SMILES string of the molecule is Cc1cccc(NC(=O)c2ccc(OCC(=O)Nc3cccc(N)c3)c3ccccc23)c1. The second kappa shape index (κ2) is 9.22. The molecule has 0 spiro atoms. The van der Waals surface area contributed by atoms with Crippen molar-refractivity contribution < 1.29 is 14.3 Å². The van der Waals surface area contributed by atoms with Gasteiger partial charge in [0.25, 0.3) is 11.8 Å². The summed E-state index contributed by atoms with van der Waals surface area (Å²) in [5.74, 6) is 0.00846. The van der Waals surface area contributed by atoms with Gasteiger partial charge < -0.3 is 21.1 Å². The van der Waals surface area contributed by atoms with E-state index in [1.54, 1.807) is 36.4 Å². The van der Waals surface area contributed by atoms with Gasteiger partial charge in [-0.25, -0.2) is 0 Å². The lowest BCUT2D eigenvalue weighted by Gasteiger charge is -2.13. The molecule has 4 rings (SSSR count). The van der Waals surface area contributed by atoms with E-state index in [4.69, 9.17) is 10.5 Å². The summed E-state index contributed by atoms with van der Waals surface area (Å²) in [4.78, 5) is 25.2. The van der Waals surface area contributed by atoms with Crippen LogP contribution in [-0.2, 0) is 4.79 Å². The summed E-state index contributed by atoms with van der Waals surface area (Å²) in [7, 11) is 0. The molecule has 0 aliphatic rings. The van der Waals surface area contributed by atoms with Gasteiger partial charge >= 0.3 is 0 Å². The smallest absolute Gasteiger partial charge is 0.262 e. The van der Waals surface area contributed by atoms with Crippen molar-refractivity contribution in [3.05, 3.63) is 96.1 Å². The fourth-order valence-corrected chi connectivity index (χ4v) is 3.47. The maximum absolute atomic E-state index is 12.9. The molecule has 0 aromatic heterocycles. The van der Waals surface area contributed by atoms with Gasteiger partial charge in [0, 0.05) is 28.0 Å². The Kier molecular flexibility index (Phi) is 6.03. The van der Waals surface area contributed by atoms with Crippen molar-refractivity contribution in [3.8, 4) is 5.75 Å². The molecule has 0 radical (unpaired) electrons. The lowest BCUT2D eigenvalue weighted by atomic mass is 10.0. The molecule has 4 N–H and O–H groups in total. The van der Waals surface area contributed by atoms with Crippen LogP contribution in [0.1, 0.15) is 15.9 Å². The van der Waals surface area contributed by atoms with Crippen LogP contribution in [0.15, 0.2) is 84.9 Å². The number of nitrogens with one attached hydrogen (secondary N) is 2. The van der Waals surface area contributed by atoms with Gasteiger partial charge in [0.2, 0.25) is 0 Å². The van der Waals surface area contributed by atoms with Gasteiger partial charge in [-0.2, -0.15) is 0 Å². The number of nitrogen functional groups attached to an aromatic ring is 1. The van der Waals surface area contributed by atoms with Crippen molar-refractivity contribution in [2.75, 3.05) is 23.0 Å². The molecule has 0 saturated heterocycles. The number of benzene rings is 4. The van der Waals surface area contributed by atoms with Crippen LogP contribution in [0.25, 0.3) is 10.8 Å². The molecule has 0 fully saturated rings. The molecule has 32 heavy (non-hydrogen) atoms. The Labute approximate surface area is 186 Å². The first kappa shape index (κ1) is 20.9. The van der Waals surface area contributed by atoms with Gasteiger partial charge in [0.1, 0.15) is 5.75 Å². The standard InChI is InChI=1S/C26H23N3O3/c1-17-6-4-8-19(14-17)29-26(31)23-12-13-24(22-11-3-2-10-21(22)23)32-16-25(30)28-20-9-5-7-18(27)15-20/h2-15H,16,27H2,1H3,(H,28,30)(H,29,31). The summed E-state index contributed by atoms with van der Waals surface area (Å²) < 4.78 is 5.78. The minimum absolute atomic E-state index is 0.173. The third-order valence-electron chi connectivity index (χ3n) is 4.93. The summed E-state index contributed by atoms with van der Waals surface area (Å²) in [5, 5.41) is 7.19. The van der Waals surface area contributed by atoms with Crippen LogP contribution in [0.4, 0.5) is 17.1 Å². The van der Waals surface area contributed by atoms with Crippen LogP contribution >= 0.6 is 0 Å². The molecular weight excluding hydrogens is 402 g/mol. The van der Waals surface area contributed by atoms with Gasteiger partial charge in [-0.15, -0.1) is 0 Å². The number of hydrogen-bond donors (Lipinski definition) is 3. The average Bonchev–Trinajstić information content (AvgIpc) is 2.77. The molecule has 160 valence electrons. The number of nitrogens with two attached hydrogens (primary N) is 1. The van der Waals surface area contributed by atoms with Gasteiger partial charge in [-0.05, 0) is 60.3 Å². The molecule has 4 aromatic rings. The first-order valence-electron chi connectivity index (χ1n) is 10.2. The maximum Gasteiger partial charge on any atom is 0.262 e. The highest BCUT2D eigenvalue weighted by Crippen LogP contribution is 2.29. The summed E-state index contributed by atoms with van der Waals surface area (Å²) in [5.41, 5.74) is 9.23. The van der Waals surface area contributed by atoms with E-state index in [-0.39, 0.29) is 18.4 Å². The molecule has 0 aliphatic heterocycles. The molecular formula is C26H23N3O3. The van der Waals surface area contributed by atoms with Gasteiger partial charge in [0.15, 0.2) is 6.61 Å². The number of hydrogen-bond acceptors (Lipinski definition) is 4. The quantitative estimate of drug-likeness (QED) is 0.379. The van der Waals surface area contributed by atoms with Crippen molar-refractivity contribution in [2.24, 2.45) is 0 Å². The molecule has 6 nitrogen and oxygen atoms in total. The van der Waals surface area contributed by atoms with Crippen LogP contribution in [0, 0.1) is 6.92 Å². The number of amides is 2. The highest BCUT2D eigenvalue weighted by atomic mass is 16.5. The summed E-state index contributed by atoms with van der Waals surface area (Å²) in [6.45, 7) is 1.80. The molecule has 0 aliphatic carbocycles. The maximum atomic E-state index is 12.9. The van der Waals surface area contributed by atoms with E-state index < -0.39 is 0 Å². The fourth-order valence-electron chi connectivity index (χ4n) is 3.47. The molecule has 4 aromatic carbocycles. The lowest BCUT2D eigenvalue weighted by molar-refractivity contribution is -0.118. The van der Waals surface area contributed by atoms with Crippen LogP contribution in [0.3, 0.4) is 0 Å². The van der Waals surface area contributed by atoms with Gasteiger partial charge in [0.05, 0.1) is 0 Å². The molecule has 0 atom stereocenters. The van der Waals surface area contributed by atoms with E-state index >= 15 is 0 Å². The van der Waals surface area contributed by atoms with E-state index in [1.807, 2.05) is 55.5 Å². The minimum atomic E-state index is -0.305. The van der Waals surface area contributed by atoms with Crippen molar-refractivity contribution in [1.29, 1.82) is 0 Å². The molecule has 0 saturated carbocycles. The minimum Gasteiger partial charge on any atom is -0.483 e. The van der Waals surface area contributed by atoms with Crippen molar-refractivity contribution in [2.45, 2.75) is 6.92 Å². The van der Waals surface area contributed by atoms with E-state index in [2.05, 4.69) is 10.6 Å². The molecule has 0 heterocycles. The van der Waals surface area contributed by atoms with Crippen LogP contribution < -0.4 is 21.1 Å². The van der Waals surface area contributed by atoms with Crippen LogP contribution in [-0.4, -0.2) is 18.4 Å². The molecule has 0 unspecified atom stereocenters. The number of aryl methyl sites for hydroxylation is 1. The number of anilines is 3. The Bertz CT molecular complexity index is 1300. The molecule has 6 heteroatoms. The zero-order chi connectivity index (χ0) is 22.5. The first-order chi connectivity index (χ1) is 15.5. The van der Waals surface area contributed by atoms with Crippen LogP contribution in [0.5, 0.6) is 5.75 Å². The third kappa shape index (κ3) is 4.87.